The average molecular weight is 323 g/mol. The molecule has 0 saturated carbocycles. The van der Waals surface area contributed by atoms with Gasteiger partial charge in [0.25, 0.3) is 5.69 Å². The van der Waals surface area contributed by atoms with Crippen molar-refractivity contribution in [2.75, 3.05) is 0 Å². The van der Waals surface area contributed by atoms with Gasteiger partial charge in [-0.3, -0.25) is 10.1 Å². The van der Waals surface area contributed by atoms with E-state index in [0.717, 1.165) is 0 Å². The van der Waals surface area contributed by atoms with Gasteiger partial charge in [0.2, 0.25) is 6.49 Å². The molecular formula is C14H14NO4PS. The number of nitro benzene ring substituents is 1. The zero-order valence-corrected chi connectivity index (χ0v) is 13.0. The van der Waals surface area contributed by atoms with Crippen LogP contribution >= 0.6 is 6.49 Å². The van der Waals surface area contributed by atoms with Crippen molar-refractivity contribution in [2.45, 2.75) is 13.3 Å². The molecule has 0 aromatic heterocycles. The molecule has 0 bridgehead atoms. The first-order valence-corrected chi connectivity index (χ1v) is 8.98. The summed E-state index contributed by atoms with van der Waals surface area (Å²) in [6, 6.07) is 11.6. The molecule has 21 heavy (non-hydrogen) atoms. The quantitative estimate of drug-likeness (QED) is 0.513. The van der Waals surface area contributed by atoms with Crippen LogP contribution in [0.15, 0.2) is 42.5 Å². The van der Waals surface area contributed by atoms with Crippen LogP contribution in [0, 0.1) is 10.1 Å². The molecule has 2 rings (SSSR count). The Kier molecular flexibility index (Phi) is 4.54. The minimum Gasteiger partial charge on any atom is -0.342 e. The lowest BCUT2D eigenvalue weighted by atomic mass is 9.96. The molecule has 0 atom stereocenters. The van der Waals surface area contributed by atoms with Gasteiger partial charge in [0, 0.05) is 22.5 Å². The molecule has 0 spiro atoms. The van der Waals surface area contributed by atoms with Crippen LogP contribution < -0.4 is 5.30 Å². The highest BCUT2D eigenvalue weighted by atomic mass is 32.5. The number of hydrogen-bond acceptors (Lipinski definition) is 3. The van der Waals surface area contributed by atoms with Crippen molar-refractivity contribution in [2.24, 2.45) is 0 Å². The van der Waals surface area contributed by atoms with E-state index >= 15 is 0 Å². The Morgan fingerprint density at radius 1 is 1.19 bits per heavy atom. The summed E-state index contributed by atoms with van der Waals surface area (Å²) in [7, 11) is 0. The minimum atomic E-state index is -3.70. The third kappa shape index (κ3) is 3.19. The van der Waals surface area contributed by atoms with Gasteiger partial charge in [-0.05, 0) is 29.9 Å². The Morgan fingerprint density at radius 3 is 2.29 bits per heavy atom. The summed E-state index contributed by atoms with van der Waals surface area (Å²) in [5.41, 5.74) is 1.57. The molecule has 0 aliphatic heterocycles. The lowest BCUT2D eigenvalue weighted by Crippen LogP contribution is -2.12. The lowest BCUT2D eigenvalue weighted by Gasteiger charge is -2.17. The van der Waals surface area contributed by atoms with Gasteiger partial charge in [0.15, 0.2) is 0 Å². The van der Waals surface area contributed by atoms with E-state index in [9.17, 15) is 19.9 Å². The second kappa shape index (κ2) is 6.03. The summed E-state index contributed by atoms with van der Waals surface area (Å²) < 4.78 is 0. The van der Waals surface area contributed by atoms with Crippen molar-refractivity contribution in [1.29, 1.82) is 0 Å². The van der Waals surface area contributed by atoms with Crippen molar-refractivity contribution in [3.63, 3.8) is 0 Å². The first kappa shape index (κ1) is 15.8. The summed E-state index contributed by atoms with van der Waals surface area (Å²) in [5.74, 6) is 0. The molecule has 0 heterocycles. The molecule has 2 aromatic carbocycles. The van der Waals surface area contributed by atoms with Gasteiger partial charge in [-0.2, -0.15) is 0 Å². The monoisotopic (exact) mass is 323 g/mol. The van der Waals surface area contributed by atoms with E-state index in [1.165, 1.54) is 12.1 Å². The zero-order valence-electron chi connectivity index (χ0n) is 11.3. The van der Waals surface area contributed by atoms with Gasteiger partial charge in [0.1, 0.15) is 0 Å². The summed E-state index contributed by atoms with van der Waals surface area (Å²) in [4.78, 5) is 30.5. The molecule has 110 valence electrons. The topological polar surface area (TPSA) is 83.6 Å². The van der Waals surface area contributed by atoms with Crippen LogP contribution in [0.25, 0.3) is 11.1 Å². The summed E-state index contributed by atoms with van der Waals surface area (Å²) in [6.45, 7) is -1.91. The number of rotatable bonds is 4. The second-order valence-electron chi connectivity index (χ2n) is 4.48. The van der Waals surface area contributed by atoms with Crippen LogP contribution in [0.3, 0.4) is 0 Å². The van der Waals surface area contributed by atoms with Gasteiger partial charge in [-0.15, -0.1) is 0 Å². The molecule has 0 radical (unpaired) electrons. The molecular weight excluding hydrogens is 309 g/mol. The Labute approximate surface area is 127 Å². The second-order valence-corrected chi connectivity index (χ2v) is 7.58. The first-order chi connectivity index (χ1) is 9.86. The molecule has 7 heteroatoms. The molecule has 0 fully saturated rings. The summed E-state index contributed by atoms with van der Waals surface area (Å²) >= 11 is 4.81. The van der Waals surface area contributed by atoms with Gasteiger partial charge in [0.05, 0.1) is 4.92 Å². The van der Waals surface area contributed by atoms with Gasteiger partial charge >= 0.3 is 0 Å². The van der Waals surface area contributed by atoms with Gasteiger partial charge in [-0.25, -0.2) is 0 Å². The van der Waals surface area contributed by atoms with Crippen molar-refractivity contribution in [3.05, 3.63) is 58.1 Å². The average Bonchev–Trinajstić information content (AvgIpc) is 2.45. The highest BCUT2D eigenvalue weighted by molar-refractivity contribution is 8.12. The minimum absolute atomic E-state index is 0.0384. The maximum atomic E-state index is 11.2. The van der Waals surface area contributed by atoms with E-state index < -0.39 is 11.4 Å². The smallest absolute Gasteiger partial charge is 0.273 e. The molecule has 2 aromatic rings. The highest BCUT2D eigenvalue weighted by Gasteiger charge is 2.26. The summed E-state index contributed by atoms with van der Waals surface area (Å²) in [5, 5.41) is 11.4. The van der Waals surface area contributed by atoms with Crippen molar-refractivity contribution in [3.8, 4) is 11.1 Å². The van der Waals surface area contributed by atoms with E-state index in [4.69, 9.17) is 11.8 Å². The van der Waals surface area contributed by atoms with Gasteiger partial charge < -0.3 is 9.79 Å². The third-order valence-corrected chi connectivity index (χ3v) is 4.78. The molecule has 2 N–H and O–H groups in total. The third-order valence-electron chi connectivity index (χ3n) is 3.19. The highest BCUT2D eigenvalue weighted by Crippen LogP contribution is 2.41. The first-order valence-electron chi connectivity index (χ1n) is 6.28. The van der Waals surface area contributed by atoms with Gasteiger partial charge in [-0.1, -0.05) is 37.3 Å². The molecule has 0 aliphatic carbocycles. The fourth-order valence-corrected chi connectivity index (χ4v) is 3.60. The number of nitrogens with zero attached hydrogens (tertiary/aromatic N) is 1. The lowest BCUT2D eigenvalue weighted by molar-refractivity contribution is -0.385. The zero-order chi connectivity index (χ0) is 15.6. The predicted octanol–water partition coefficient (Wildman–Crippen LogP) is 2.74. The molecule has 0 unspecified atom stereocenters. The standard InChI is InChI=1S/C14H14NO4PS/c1-2-11-12(15(16)17)8-9-13(20(18,19)21)14(11)10-6-4-3-5-7-10/h3-9H,2H2,1H3,(H2,18,19,21). The normalized spacial score (nSPS) is 11.4. The number of hydrogen-bond donors (Lipinski definition) is 2. The van der Waals surface area contributed by atoms with E-state index in [-0.39, 0.29) is 11.0 Å². The van der Waals surface area contributed by atoms with Crippen LogP contribution in [0.1, 0.15) is 12.5 Å². The van der Waals surface area contributed by atoms with E-state index in [1.54, 1.807) is 31.2 Å². The predicted molar refractivity (Wildman–Crippen MR) is 86.3 cm³/mol. The van der Waals surface area contributed by atoms with Crippen molar-refractivity contribution in [1.82, 2.24) is 0 Å². The van der Waals surface area contributed by atoms with Crippen LogP contribution in [0.2, 0.25) is 0 Å². The van der Waals surface area contributed by atoms with Crippen molar-refractivity contribution >= 4 is 29.3 Å². The largest absolute Gasteiger partial charge is 0.342 e. The fraction of sp³-hybridized carbons (Fsp3) is 0.143. The van der Waals surface area contributed by atoms with E-state index in [0.29, 0.717) is 23.1 Å². The van der Waals surface area contributed by atoms with E-state index in [1.807, 2.05) is 6.07 Å². The van der Waals surface area contributed by atoms with Crippen LogP contribution in [-0.4, -0.2) is 14.7 Å². The Hall–Kier alpha value is -1.59. The Morgan fingerprint density at radius 2 is 1.81 bits per heavy atom. The van der Waals surface area contributed by atoms with Crippen molar-refractivity contribution < 1.29 is 14.7 Å². The van der Waals surface area contributed by atoms with Crippen LogP contribution in [0.5, 0.6) is 0 Å². The van der Waals surface area contributed by atoms with Crippen LogP contribution in [0.4, 0.5) is 5.69 Å². The maximum Gasteiger partial charge on any atom is 0.273 e. The molecule has 0 aliphatic rings. The molecule has 0 amide bonds. The molecule has 0 saturated heterocycles. The summed E-state index contributed by atoms with van der Waals surface area (Å²) in [6.07, 6.45) is 0.393. The Balaban J connectivity index is 2.88. The Bertz CT molecular complexity index is 727. The fourth-order valence-electron chi connectivity index (χ4n) is 2.32. The SMILES string of the molecule is CCc1c([N+](=O)[O-])ccc(P(O)(O)=S)c1-c1ccccc1. The number of nitro groups is 1. The number of benzene rings is 2. The van der Waals surface area contributed by atoms with E-state index in [2.05, 4.69) is 0 Å². The molecule has 5 nitrogen and oxygen atoms in total. The maximum absolute atomic E-state index is 11.2. The van der Waals surface area contributed by atoms with Crippen LogP contribution in [-0.2, 0) is 18.2 Å².